The number of ether oxygens (including phenoxy) is 1. The number of hydrogen-bond donors (Lipinski definition) is 0. The molecule has 0 aromatic heterocycles. The van der Waals surface area contributed by atoms with Crippen molar-refractivity contribution in [2.24, 2.45) is 0 Å². The van der Waals surface area contributed by atoms with Crippen LogP contribution in [0.5, 0.6) is 0 Å². The maximum absolute atomic E-state index is 5.71. The van der Waals surface area contributed by atoms with E-state index in [0.717, 1.165) is 0 Å². The van der Waals surface area contributed by atoms with E-state index >= 15 is 0 Å². The maximum atomic E-state index is 5.71. The molecule has 0 saturated heterocycles. The molecule has 1 aliphatic carbocycles. The van der Waals surface area contributed by atoms with Crippen molar-refractivity contribution >= 4 is 22.6 Å². The van der Waals surface area contributed by atoms with Gasteiger partial charge in [-0.25, -0.2) is 0 Å². The van der Waals surface area contributed by atoms with Crippen molar-refractivity contribution in [1.82, 2.24) is 0 Å². The Kier molecular flexibility index (Phi) is 2.12. The van der Waals surface area contributed by atoms with Gasteiger partial charge in [0.05, 0.1) is 6.26 Å². The summed E-state index contributed by atoms with van der Waals surface area (Å²) in [6.45, 7) is 0. The minimum absolute atomic E-state index is 0.251. The molecule has 1 unspecified atom stereocenters. The van der Waals surface area contributed by atoms with Crippen LogP contribution < -0.4 is 0 Å². The monoisotopic (exact) mass is 264 g/mol. The first kappa shape index (κ1) is 7.90. The summed E-state index contributed by atoms with van der Waals surface area (Å²) < 4.78 is 6.41. The van der Waals surface area contributed by atoms with Crippen molar-refractivity contribution < 1.29 is 4.74 Å². The van der Waals surface area contributed by atoms with Gasteiger partial charge in [-0.2, -0.15) is 0 Å². The molecule has 0 aromatic rings. The molecule has 0 amide bonds. The van der Waals surface area contributed by atoms with E-state index in [4.69, 9.17) is 4.74 Å². The molecule has 1 nitrogen and oxygen atoms in total. The Bertz CT molecular complexity index is 170. The fourth-order valence-corrected chi connectivity index (χ4v) is 3.05. The molecular formula is C9H13IO. The Morgan fingerprint density at radius 2 is 2.09 bits per heavy atom. The number of halogens is 1. The van der Waals surface area contributed by atoms with Gasteiger partial charge in [0.1, 0.15) is 5.60 Å². The third-order valence-corrected chi connectivity index (χ3v) is 3.54. The quantitative estimate of drug-likeness (QED) is 0.482. The van der Waals surface area contributed by atoms with Crippen molar-refractivity contribution in [1.29, 1.82) is 0 Å². The zero-order valence-corrected chi connectivity index (χ0v) is 8.71. The molecule has 1 spiro atoms. The van der Waals surface area contributed by atoms with Gasteiger partial charge in [0.25, 0.3) is 0 Å². The fourth-order valence-electron chi connectivity index (χ4n) is 2.08. The summed E-state index contributed by atoms with van der Waals surface area (Å²) in [5, 5.41) is 0. The van der Waals surface area contributed by atoms with Gasteiger partial charge in [-0.1, -0.05) is 22.6 Å². The van der Waals surface area contributed by atoms with Gasteiger partial charge in [0, 0.05) is 10.3 Å². The van der Waals surface area contributed by atoms with Gasteiger partial charge in [-0.3, -0.25) is 0 Å². The summed E-state index contributed by atoms with van der Waals surface area (Å²) in [5.41, 5.74) is 0.251. The molecule has 62 valence electrons. The van der Waals surface area contributed by atoms with Crippen molar-refractivity contribution in [3.63, 3.8) is 0 Å². The molecule has 1 aliphatic heterocycles. The van der Waals surface area contributed by atoms with Gasteiger partial charge in [0.2, 0.25) is 0 Å². The predicted octanol–water partition coefficient (Wildman–Crippen LogP) is 3.04. The van der Waals surface area contributed by atoms with E-state index in [-0.39, 0.29) is 5.60 Å². The first-order chi connectivity index (χ1) is 5.31. The van der Waals surface area contributed by atoms with Crippen LogP contribution in [-0.2, 0) is 4.74 Å². The predicted molar refractivity (Wildman–Crippen MR) is 53.8 cm³/mol. The zero-order valence-electron chi connectivity index (χ0n) is 6.55. The van der Waals surface area contributed by atoms with Crippen LogP contribution >= 0.6 is 22.6 Å². The van der Waals surface area contributed by atoms with E-state index in [2.05, 4.69) is 28.7 Å². The van der Waals surface area contributed by atoms with E-state index in [9.17, 15) is 0 Å². The maximum Gasteiger partial charge on any atom is 0.109 e. The van der Waals surface area contributed by atoms with Crippen LogP contribution in [-0.4, -0.2) is 9.53 Å². The lowest BCUT2D eigenvalue weighted by Gasteiger charge is -2.33. The normalized spacial score (nSPS) is 34.1. The number of allylic oxidation sites excluding steroid dienone is 1. The average molecular weight is 264 g/mol. The Labute approximate surface area is 81.3 Å². The molecule has 0 N–H and O–H groups in total. The third-order valence-electron chi connectivity index (χ3n) is 2.69. The molecule has 2 heteroatoms. The number of alkyl halides is 1. The summed E-state index contributed by atoms with van der Waals surface area (Å²) in [7, 11) is 0. The Hall–Kier alpha value is 0.270. The van der Waals surface area contributed by atoms with Crippen molar-refractivity contribution in [2.45, 2.75) is 41.6 Å². The topological polar surface area (TPSA) is 9.23 Å². The second kappa shape index (κ2) is 2.96. The first-order valence-electron chi connectivity index (χ1n) is 4.29. The van der Waals surface area contributed by atoms with Gasteiger partial charge in [0.15, 0.2) is 0 Å². The first-order valence-corrected chi connectivity index (χ1v) is 5.54. The summed E-state index contributed by atoms with van der Waals surface area (Å²) >= 11 is 2.49. The van der Waals surface area contributed by atoms with Crippen LogP contribution in [0.2, 0.25) is 0 Å². The molecule has 1 fully saturated rings. The molecule has 11 heavy (non-hydrogen) atoms. The summed E-state index contributed by atoms with van der Waals surface area (Å²) in [4.78, 5) is 0. The van der Waals surface area contributed by atoms with Crippen LogP contribution in [0.1, 0.15) is 32.1 Å². The average Bonchev–Trinajstić information content (AvgIpc) is 2.37. The van der Waals surface area contributed by atoms with Crippen LogP contribution in [0.25, 0.3) is 0 Å². The number of rotatable bonds is 0. The Morgan fingerprint density at radius 3 is 2.73 bits per heavy atom. The minimum atomic E-state index is 0.251. The van der Waals surface area contributed by atoms with Crippen LogP contribution in [0.3, 0.4) is 0 Å². The second-order valence-corrected chi connectivity index (χ2v) is 5.16. The molecule has 1 heterocycles. The smallest absolute Gasteiger partial charge is 0.109 e. The fraction of sp³-hybridized carbons (Fsp3) is 0.778. The van der Waals surface area contributed by atoms with E-state index in [1.54, 1.807) is 0 Å². The van der Waals surface area contributed by atoms with Crippen LogP contribution in [0, 0.1) is 0 Å². The molecule has 1 atom stereocenters. The summed E-state index contributed by atoms with van der Waals surface area (Å²) in [5.74, 6) is 0. The van der Waals surface area contributed by atoms with Crippen molar-refractivity contribution in [3.05, 3.63) is 12.3 Å². The minimum Gasteiger partial charge on any atom is -0.495 e. The highest BCUT2D eigenvalue weighted by atomic mass is 127. The SMILES string of the molecule is IC1C=COC2(CCCC2)C1. The Balaban J connectivity index is 2.09. The van der Waals surface area contributed by atoms with Gasteiger partial charge in [-0.05, 0) is 31.8 Å². The molecule has 2 rings (SSSR count). The van der Waals surface area contributed by atoms with E-state index in [1.165, 1.54) is 32.1 Å². The van der Waals surface area contributed by atoms with E-state index in [0.29, 0.717) is 3.92 Å². The standard InChI is InChI=1S/C9H13IO/c10-8-3-6-11-9(7-8)4-1-2-5-9/h3,6,8H,1-2,4-5,7H2. The van der Waals surface area contributed by atoms with Gasteiger partial charge < -0.3 is 4.74 Å². The molecule has 1 saturated carbocycles. The zero-order chi connectivity index (χ0) is 7.73. The summed E-state index contributed by atoms with van der Waals surface area (Å²) in [6.07, 6.45) is 10.6. The molecular weight excluding hydrogens is 251 g/mol. The number of hydrogen-bond acceptors (Lipinski definition) is 1. The van der Waals surface area contributed by atoms with Crippen molar-refractivity contribution in [2.75, 3.05) is 0 Å². The highest BCUT2D eigenvalue weighted by molar-refractivity contribution is 14.1. The largest absolute Gasteiger partial charge is 0.495 e. The lowest BCUT2D eigenvalue weighted by molar-refractivity contribution is 0.0138. The van der Waals surface area contributed by atoms with Gasteiger partial charge in [-0.15, -0.1) is 0 Å². The Morgan fingerprint density at radius 1 is 1.36 bits per heavy atom. The van der Waals surface area contributed by atoms with E-state index in [1.807, 2.05) is 6.26 Å². The highest BCUT2D eigenvalue weighted by Crippen LogP contribution is 2.40. The second-order valence-electron chi connectivity index (χ2n) is 3.56. The van der Waals surface area contributed by atoms with Crippen LogP contribution in [0.4, 0.5) is 0 Å². The lowest BCUT2D eigenvalue weighted by atomic mass is 9.94. The lowest BCUT2D eigenvalue weighted by Crippen LogP contribution is -2.32. The molecule has 2 aliphatic rings. The van der Waals surface area contributed by atoms with Gasteiger partial charge >= 0.3 is 0 Å². The van der Waals surface area contributed by atoms with Crippen molar-refractivity contribution in [3.8, 4) is 0 Å². The molecule has 0 radical (unpaired) electrons. The summed E-state index contributed by atoms with van der Waals surface area (Å²) in [6, 6.07) is 0. The molecule has 0 aromatic carbocycles. The van der Waals surface area contributed by atoms with E-state index < -0.39 is 0 Å². The van der Waals surface area contributed by atoms with Crippen LogP contribution in [0.15, 0.2) is 12.3 Å². The third kappa shape index (κ3) is 1.55. The highest BCUT2D eigenvalue weighted by Gasteiger charge is 2.37. The molecule has 0 bridgehead atoms.